The van der Waals surface area contributed by atoms with Crippen molar-refractivity contribution in [2.45, 2.75) is 55.4 Å². The van der Waals surface area contributed by atoms with Crippen molar-refractivity contribution in [3.8, 4) is 0 Å². The van der Waals surface area contributed by atoms with Gasteiger partial charge in [-0.15, -0.1) is 0 Å². The quantitative estimate of drug-likeness (QED) is 0.241. The van der Waals surface area contributed by atoms with Crippen LogP contribution in [0.2, 0.25) is 0 Å². The number of quaternary nitrogens is 2. The van der Waals surface area contributed by atoms with Gasteiger partial charge < -0.3 is 61.7 Å². The molecule has 0 aromatic rings. The molecule has 0 aromatic carbocycles. The number of hydrogen-bond donors (Lipinski definition) is 4. The van der Waals surface area contributed by atoms with Crippen molar-refractivity contribution in [3.63, 3.8) is 0 Å². The highest BCUT2D eigenvalue weighted by Crippen LogP contribution is 1.99. The molecule has 0 heterocycles. The third kappa shape index (κ3) is 107. The molecular weight excluding hydrogens is 528 g/mol. The maximum absolute atomic E-state index is 10.8. The highest BCUT2D eigenvalue weighted by Gasteiger charge is 2.19. The number of aliphatic carboxylic acids is 4. The fraction of sp³-hybridized carbons (Fsp3) is 0.556. The molecule has 0 aromatic heterocycles. The van der Waals surface area contributed by atoms with Gasteiger partial charge in [-0.1, -0.05) is 0 Å². The zero-order valence-electron chi connectivity index (χ0n) is 22.9. The summed E-state index contributed by atoms with van der Waals surface area (Å²) in [4.78, 5) is 97.2. The van der Waals surface area contributed by atoms with Crippen LogP contribution in [0, 0.1) is 0 Å². The van der Waals surface area contributed by atoms with Crippen LogP contribution in [0.4, 0.5) is 0 Å². The van der Waals surface area contributed by atoms with Crippen molar-refractivity contribution in [2.24, 2.45) is 0 Å². The van der Waals surface area contributed by atoms with E-state index >= 15 is 0 Å². The first-order valence-electron chi connectivity index (χ1n) is 9.17. The molecule has 0 rings (SSSR count). The van der Waals surface area contributed by atoms with Crippen LogP contribution >= 0.6 is 0 Å². The molecule has 0 spiro atoms. The Balaban J connectivity index is -0.0000000873. The fourth-order valence-corrected chi connectivity index (χ4v) is 0.957. The van der Waals surface area contributed by atoms with Crippen LogP contribution in [0.25, 0.3) is 0 Å². The van der Waals surface area contributed by atoms with E-state index in [4.69, 9.17) is 39.6 Å². The Morgan fingerprint density at radius 3 is 0.684 bits per heavy atom. The molecule has 0 fully saturated rings. The van der Waals surface area contributed by atoms with Crippen LogP contribution in [0.5, 0.6) is 0 Å². The second-order valence-corrected chi connectivity index (χ2v) is 5.47. The molecule has 0 radical (unpaired) electrons. The first-order chi connectivity index (χ1) is 16.1. The highest BCUT2D eigenvalue weighted by atomic mass is 17.0. The second kappa shape index (κ2) is 32.6. The molecule has 10 N–H and O–H groups in total. The van der Waals surface area contributed by atoms with Gasteiger partial charge in [0, 0.05) is 63.9 Å². The van der Waals surface area contributed by atoms with Gasteiger partial charge in [-0.05, 0) is 13.8 Å². The van der Waals surface area contributed by atoms with E-state index in [2.05, 4.69) is 19.4 Å². The van der Waals surface area contributed by atoms with Crippen LogP contribution in [-0.4, -0.2) is 81.5 Å². The van der Waals surface area contributed by atoms with Gasteiger partial charge in [0.25, 0.3) is 11.9 Å². The van der Waals surface area contributed by atoms with Gasteiger partial charge in [-0.2, -0.15) is 0 Å². The molecule has 0 atom stereocenters. The third-order valence-corrected chi connectivity index (χ3v) is 1.39. The number of hydrogen-bond acceptors (Lipinski definition) is 16. The summed E-state index contributed by atoms with van der Waals surface area (Å²) in [6.45, 7) is 8.08. The number of rotatable bonds is 7. The van der Waals surface area contributed by atoms with Crippen molar-refractivity contribution in [3.05, 3.63) is 0 Å². The van der Waals surface area contributed by atoms with E-state index in [1.165, 1.54) is 0 Å². The predicted molar refractivity (Wildman–Crippen MR) is 120 cm³/mol. The van der Waals surface area contributed by atoms with E-state index in [1.54, 1.807) is 0 Å². The summed E-state index contributed by atoms with van der Waals surface area (Å²) in [5.74, 6) is -6.73. The molecule has 0 saturated heterocycles. The van der Waals surface area contributed by atoms with E-state index in [-0.39, 0.29) is 25.4 Å². The van der Waals surface area contributed by atoms with Crippen molar-refractivity contribution in [1.29, 1.82) is 0 Å². The minimum absolute atomic E-state index is 0. The number of hydroxylamine groups is 4. The van der Waals surface area contributed by atoms with Crippen molar-refractivity contribution in [2.75, 3.05) is 13.1 Å². The summed E-state index contributed by atoms with van der Waals surface area (Å²) in [5.41, 5.74) is 0. The normalized spacial score (nSPS) is 7.95. The summed E-state index contributed by atoms with van der Waals surface area (Å²) in [7, 11) is 0. The molecule has 38 heavy (non-hydrogen) atoms. The lowest BCUT2D eigenvalue weighted by atomic mass is 10.7. The zero-order valence-corrected chi connectivity index (χ0v) is 22.9. The van der Waals surface area contributed by atoms with Gasteiger partial charge >= 0.3 is 23.9 Å². The minimum Gasteiger partial charge on any atom is -0.550 e. The lowest BCUT2D eigenvalue weighted by Crippen LogP contribution is -2.38. The van der Waals surface area contributed by atoms with Gasteiger partial charge in [0.1, 0.15) is 0 Å². The predicted octanol–water partition coefficient (Wildman–Crippen LogP) is -2.05. The Labute approximate surface area is 217 Å². The Morgan fingerprint density at radius 2 is 0.605 bits per heavy atom. The summed E-state index contributed by atoms with van der Waals surface area (Å²) in [5, 5.41) is 33.8. The van der Waals surface area contributed by atoms with Crippen LogP contribution in [0.15, 0.2) is 0 Å². The molecule has 0 bridgehead atoms. The number of carbonyl (C=O) groups excluding carboxylic acids is 6. The Morgan fingerprint density at radius 1 is 0.500 bits per heavy atom. The summed E-state index contributed by atoms with van der Waals surface area (Å²) in [6.07, 6.45) is 0. The van der Waals surface area contributed by atoms with Gasteiger partial charge in [0.2, 0.25) is 0 Å². The largest absolute Gasteiger partial charge is 0.550 e. The van der Waals surface area contributed by atoms with Gasteiger partial charge in [0.05, 0.1) is 13.1 Å². The number of carbonyl (C=O) groups is 8. The molecule has 0 unspecified atom stereocenters. The fourth-order valence-electron chi connectivity index (χ4n) is 0.957. The Hall–Kier alpha value is -4.40. The minimum atomic E-state index is -1.08. The van der Waals surface area contributed by atoms with Gasteiger partial charge in [-0.25, -0.2) is 0 Å². The average molecular weight is 567 g/mol. The molecule has 0 saturated carbocycles. The van der Waals surface area contributed by atoms with Crippen molar-refractivity contribution in [1.82, 2.24) is 22.8 Å². The van der Waals surface area contributed by atoms with Gasteiger partial charge in [0.15, 0.2) is 0 Å². The SMILES string of the molecule is CC(=O)O.CC(=O)O.CC(=O)ON(CCN(OC(C)=O)OC(C)=O)OC(C)=O.CC(=O)[O-].CC(=O)[O-].[NH4+].[NH4+]. The maximum atomic E-state index is 10.8. The lowest BCUT2D eigenvalue weighted by molar-refractivity contribution is -0.354. The van der Waals surface area contributed by atoms with E-state index in [9.17, 15) is 19.2 Å². The van der Waals surface area contributed by atoms with Crippen LogP contribution in [-0.2, 0) is 57.7 Å². The van der Waals surface area contributed by atoms with Crippen LogP contribution in [0.3, 0.4) is 0 Å². The van der Waals surface area contributed by atoms with Gasteiger partial charge in [-0.3, -0.25) is 28.8 Å². The van der Waals surface area contributed by atoms with Crippen LogP contribution in [0.1, 0.15) is 55.4 Å². The number of carboxylic acid groups (broad SMARTS) is 4. The molecule has 226 valence electrons. The smallest absolute Gasteiger partial charge is 0.326 e. The summed E-state index contributed by atoms with van der Waals surface area (Å²) < 4.78 is 0. The monoisotopic (exact) mass is 566 g/mol. The van der Waals surface area contributed by atoms with Crippen LogP contribution < -0.4 is 22.5 Å². The standard InChI is InChI=1S/C10H16N2O8.4C2H4O2.2H3N/c1-7(13)17-11(18-8(2)14)5-6-12(19-9(3)15)20-10(4)16;4*1-2(3)4;;/h5-6H2,1-4H3;4*1H3,(H,3,4);2*1H3. The van der Waals surface area contributed by atoms with E-state index in [1.807, 2.05) is 0 Å². The molecular formula is C18H38N4O16. The second-order valence-electron chi connectivity index (χ2n) is 5.47. The van der Waals surface area contributed by atoms with E-state index < -0.39 is 47.8 Å². The zero-order chi connectivity index (χ0) is 30.0. The first kappa shape index (κ1) is 50.5. The molecule has 0 aliphatic rings. The molecule has 0 aliphatic carbocycles. The number of carboxylic acids is 4. The summed E-state index contributed by atoms with van der Waals surface area (Å²) in [6, 6.07) is 0. The summed E-state index contributed by atoms with van der Waals surface area (Å²) >= 11 is 0. The van der Waals surface area contributed by atoms with Crippen molar-refractivity contribution < 1.29 is 78.1 Å². The third-order valence-electron chi connectivity index (χ3n) is 1.39. The topological polar surface area (TPSA) is 340 Å². The van der Waals surface area contributed by atoms with E-state index in [0.717, 1.165) is 55.4 Å². The molecule has 20 heteroatoms. The highest BCUT2D eigenvalue weighted by molar-refractivity contribution is 5.67. The molecule has 0 amide bonds. The Bertz CT molecular complexity index is 597. The number of nitrogens with zero attached hydrogens (tertiary/aromatic N) is 2. The maximum Gasteiger partial charge on any atom is 0.326 e. The lowest BCUT2D eigenvalue weighted by Gasteiger charge is -2.22. The van der Waals surface area contributed by atoms with Crippen molar-refractivity contribution >= 4 is 47.8 Å². The Kier molecular flexibility index (Phi) is 43.3. The average Bonchev–Trinajstić information content (AvgIpc) is 2.55. The first-order valence-corrected chi connectivity index (χ1v) is 9.17. The molecule has 20 nitrogen and oxygen atoms in total. The van der Waals surface area contributed by atoms with E-state index in [0.29, 0.717) is 10.5 Å². The molecule has 0 aliphatic heterocycles.